The van der Waals surface area contributed by atoms with Gasteiger partial charge in [-0.2, -0.15) is 0 Å². The molecule has 1 aliphatic rings. The monoisotopic (exact) mass is 350 g/mol. The van der Waals surface area contributed by atoms with Crippen LogP contribution >= 0.6 is 0 Å². The van der Waals surface area contributed by atoms with Gasteiger partial charge in [-0.05, 0) is 29.8 Å². The zero-order valence-electron chi connectivity index (χ0n) is 13.9. The molecule has 132 valence electrons. The van der Waals surface area contributed by atoms with Crippen molar-refractivity contribution in [2.75, 3.05) is 0 Å². The Labute approximate surface area is 150 Å². The first-order chi connectivity index (χ1) is 12.5. The number of nitrogens with two attached hydrogens (primary N) is 1. The molecule has 0 atom stereocenters. The lowest BCUT2D eigenvalue weighted by molar-refractivity contribution is -0.118. The maximum absolute atomic E-state index is 12.2. The SMILES string of the molecule is C=C1NC(=O)NC(C(=O)NCc2ccc(Oc3ccccc3)cc2)=C1N. The van der Waals surface area contributed by atoms with Crippen molar-refractivity contribution in [1.29, 1.82) is 0 Å². The molecule has 0 spiro atoms. The van der Waals surface area contributed by atoms with Gasteiger partial charge in [0.15, 0.2) is 0 Å². The molecule has 5 N–H and O–H groups in total. The quantitative estimate of drug-likeness (QED) is 0.662. The summed E-state index contributed by atoms with van der Waals surface area (Å²) in [7, 11) is 0. The largest absolute Gasteiger partial charge is 0.457 e. The zero-order chi connectivity index (χ0) is 18.5. The molecule has 0 saturated carbocycles. The number of ether oxygens (including phenoxy) is 1. The van der Waals surface area contributed by atoms with Crippen molar-refractivity contribution in [3.05, 3.63) is 83.8 Å². The van der Waals surface area contributed by atoms with Crippen LogP contribution in [0.15, 0.2) is 78.3 Å². The number of benzene rings is 2. The van der Waals surface area contributed by atoms with Crippen molar-refractivity contribution >= 4 is 11.9 Å². The Balaban J connectivity index is 1.59. The van der Waals surface area contributed by atoms with Crippen molar-refractivity contribution < 1.29 is 14.3 Å². The number of hydrogen-bond acceptors (Lipinski definition) is 4. The first kappa shape index (κ1) is 17.1. The van der Waals surface area contributed by atoms with Crippen molar-refractivity contribution in [1.82, 2.24) is 16.0 Å². The van der Waals surface area contributed by atoms with Gasteiger partial charge in [-0.25, -0.2) is 4.79 Å². The minimum Gasteiger partial charge on any atom is -0.457 e. The molecule has 7 heteroatoms. The molecule has 3 rings (SSSR count). The Morgan fingerprint density at radius 2 is 1.69 bits per heavy atom. The third-order valence-corrected chi connectivity index (χ3v) is 3.68. The number of rotatable bonds is 5. The van der Waals surface area contributed by atoms with Crippen LogP contribution in [-0.4, -0.2) is 11.9 Å². The second kappa shape index (κ2) is 7.43. The van der Waals surface area contributed by atoms with E-state index in [9.17, 15) is 9.59 Å². The molecule has 7 nitrogen and oxygen atoms in total. The summed E-state index contributed by atoms with van der Waals surface area (Å²) in [6.07, 6.45) is 0. The second-order valence-electron chi connectivity index (χ2n) is 5.59. The van der Waals surface area contributed by atoms with Crippen molar-refractivity contribution in [3.8, 4) is 11.5 Å². The third kappa shape index (κ3) is 4.02. The summed E-state index contributed by atoms with van der Waals surface area (Å²) in [4.78, 5) is 23.7. The second-order valence-corrected chi connectivity index (χ2v) is 5.59. The van der Waals surface area contributed by atoms with E-state index in [2.05, 4.69) is 22.5 Å². The summed E-state index contributed by atoms with van der Waals surface area (Å²) < 4.78 is 5.72. The van der Waals surface area contributed by atoms with E-state index in [1.165, 1.54) is 0 Å². The minimum atomic E-state index is -0.545. The van der Waals surface area contributed by atoms with E-state index < -0.39 is 11.9 Å². The molecule has 2 aromatic carbocycles. The van der Waals surface area contributed by atoms with E-state index >= 15 is 0 Å². The van der Waals surface area contributed by atoms with Gasteiger partial charge in [0.1, 0.15) is 17.2 Å². The summed E-state index contributed by atoms with van der Waals surface area (Å²) in [5, 5.41) is 7.48. The predicted octanol–water partition coefficient (Wildman–Crippen LogP) is 2.09. The van der Waals surface area contributed by atoms with E-state index in [4.69, 9.17) is 10.5 Å². The number of para-hydroxylation sites is 1. The van der Waals surface area contributed by atoms with Gasteiger partial charge in [0.05, 0.1) is 11.4 Å². The fraction of sp³-hybridized carbons (Fsp3) is 0.0526. The smallest absolute Gasteiger partial charge is 0.323 e. The van der Waals surface area contributed by atoms with Gasteiger partial charge < -0.3 is 26.4 Å². The van der Waals surface area contributed by atoms with Crippen LogP contribution in [-0.2, 0) is 11.3 Å². The summed E-state index contributed by atoms with van der Waals surface area (Å²) >= 11 is 0. The summed E-state index contributed by atoms with van der Waals surface area (Å²) in [5.41, 5.74) is 6.94. The van der Waals surface area contributed by atoms with Crippen LogP contribution in [0.5, 0.6) is 11.5 Å². The van der Waals surface area contributed by atoms with E-state index in [1.54, 1.807) is 0 Å². The molecule has 0 radical (unpaired) electrons. The molecular weight excluding hydrogens is 332 g/mol. The van der Waals surface area contributed by atoms with Crippen LogP contribution in [0.2, 0.25) is 0 Å². The van der Waals surface area contributed by atoms with Gasteiger partial charge in [-0.3, -0.25) is 4.79 Å². The maximum atomic E-state index is 12.2. The van der Waals surface area contributed by atoms with E-state index in [0.717, 1.165) is 11.3 Å². The molecule has 0 fully saturated rings. The van der Waals surface area contributed by atoms with Gasteiger partial charge in [0.25, 0.3) is 5.91 Å². The maximum Gasteiger partial charge on any atom is 0.323 e. The van der Waals surface area contributed by atoms with Gasteiger partial charge in [0, 0.05) is 6.54 Å². The van der Waals surface area contributed by atoms with Crippen LogP contribution in [0.3, 0.4) is 0 Å². The average molecular weight is 350 g/mol. The zero-order valence-corrected chi connectivity index (χ0v) is 13.9. The number of hydrogen-bond donors (Lipinski definition) is 4. The van der Waals surface area contributed by atoms with Crippen molar-refractivity contribution in [2.45, 2.75) is 6.54 Å². The Morgan fingerprint density at radius 3 is 2.38 bits per heavy atom. The normalized spacial score (nSPS) is 13.7. The highest BCUT2D eigenvalue weighted by molar-refractivity contribution is 6.00. The first-order valence-corrected chi connectivity index (χ1v) is 7.90. The van der Waals surface area contributed by atoms with Crippen molar-refractivity contribution in [3.63, 3.8) is 0 Å². The summed E-state index contributed by atoms with van der Waals surface area (Å²) in [6.45, 7) is 3.87. The fourth-order valence-electron chi connectivity index (χ4n) is 2.32. The Kier molecular flexibility index (Phi) is 4.89. The number of carbonyl (C=O) groups excluding carboxylic acids is 2. The number of nitrogens with one attached hydrogen (secondary N) is 3. The molecule has 1 heterocycles. The molecule has 0 aliphatic carbocycles. The number of carbonyl (C=O) groups is 2. The highest BCUT2D eigenvalue weighted by Gasteiger charge is 2.23. The average Bonchev–Trinajstić information content (AvgIpc) is 2.64. The highest BCUT2D eigenvalue weighted by Crippen LogP contribution is 2.21. The number of urea groups is 1. The Hall–Kier alpha value is -3.74. The van der Waals surface area contributed by atoms with Gasteiger partial charge >= 0.3 is 6.03 Å². The molecular formula is C19H18N4O3. The molecule has 2 aromatic rings. The first-order valence-electron chi connectivity index (χ1n) is 7.90. The van der Waals surface area contributed by atoms with Crippen LogP contribution in [0.1, 0.15) is 5.56 Å². The Bertz CT molecular complexity index is 873. The Morgan fingerprint density at radius 1 is 1.04 bits per heavy atom. The molecule has 0 saturated heterocycles. The fourth-order valence-corrected chi connectivity index (χ4v) is 2.32. The third-order valence-electron chi connectivity index (χ3n) is 3.68. The highest BCUT2D eigenvalue weighted by atomic mass is 16.5. The molecule has 3 amide bonds. The van der Waals surface area contributed by atoms with Crippen LogP contribution < -0.4 is 26.4 Å². The van der Waals surface area contributed by atoms with E-state index in [-0.39, 0.29) is 23.6 Å². The van der Waals surface area contributed by atoms with E-state index in [1.807, 2.05) is 54.6 Å². The van der Waals surface area contributed by atoms with Crippen molar-refractivity contribution in [2.24, 2.45) is 5.73 Å². The van der Waals surface area contributed by atoms with E-state index in [0.29, 0.717) is 5.75 Å². The van der Waals surface area contributed by atoms with Crippen LogP contribution in [0.4, 0.5) is 4.79 Å². The molecule has 0 aromatic heterocycles. The minimum absolute atomic E-state index is 0.0113. The lowest BCUT2D eigenvalue weighted by Gasteiger charge is -2.20. The van der Waals surface area contributed by atoms with Crippen LogP contribution in [0.25, 0.3) is 0 Å². The summed E-state index contributed by atoms with van der Waals surface area (Å²) in [5.74, 6) is 0.959. The molecule has 1 aliphatic heterocycles. The van der Waals surface area contributed by atoms with Gasteiger partial charge in [-0.15, -0.1) is 0 Å². The van der Waals surface area contributed by atoms with Gasteiger partial charge in [-0.1, -0.05) is 36.9 Å². The molecule has 0 unspecified atom stereocenters. The van der Waals surface area contributed by atoms with Gasteiger partial charge in [0.2, 0.25) is 0 Å². The topological polar surface area (TPSA) is 105 Å². The standard InChI is InChI=1S/C19H18N4O3/c1-12-16(20)17(23-19(25)22-12)18(24)21-11-13-7-9-15(10-8-13)26-14-5-3-2-4-6-14/h2-10H,1,11,20H2,(H,21,24)(H2,22,23,25). The lowest BCUT2D eigenvalue weighted by atomic mass is 10.2. The number of amides is 3. The molecule has 26 heavy (non-hydrogen) atoms. The predicted molar refractivity (Wildman–Crippen MR) is 96.8 cm³/mol. The lowest BCUT2D eigenvalue weighted by Crippen LogP contribution is -2.46. The van der Waals surface area contributed by atoms with Crippen LogP contribution in [0, 0.1) is 0 Å². The molecule has 0 bridgehead atoms. The summed E-state index contributed by atoms with van der Waals surface area (Å²) in [6, 6.07) is 16.2.